The molecule has 6 rings (SSSR count). The molecule has 1 aliphatic heterocycles. The number of aliphatic hydroxyl groups is 1. The molecule has 1 saturated heterocycles. The summed E-state index contributed by atoms with van der Waals surface area (Å²) in [6.45, 7) is 2.33. The van der Waals surface area contributed by atoms with Crippen molar-refractivity contribution in [1.82, 2.24) is 4.90 Å². The molecule has 1 unspecified atom stereocenters. The van der Waals surface area contributed by atoms with Crippen LogP contribution in [0.25, 0.3) is 16.5 Å². The van der Waals surface area contributed by atoms with Gasteiger partial charge in [0.1, 0.15) is 23.9 Å². The summed E-state index contributed by atoms with van der Waals surface area (Å²) in [4.78, 5) is 28.6. The van der Waals surface area contributed by atoms with Gasteiger partial charge in [0.05, 0.1) is 11.6 Å². The first-order valence-corrected chi connectivity index (χ1v) is 13.7. The van der Waals surface area contributed by atoms with Gasteiger partial charge in [-0.3, -0.25) is 9.59 Å². The number of halogens is 1. The van der Waals surface area contributed by atoms with Crippen molar-refractivity contribution in [2.24, 2.45) is 0 Å². The highest BCUT2D eigenvalue weighted by Crippen LogP contribution is 2.43. The number of hydrogen-bond donors (Lipinski definition) is 1. The smallest absolute Gasteiger partial charge is 0.295 e. The molecule has 1 amide bonds. The van der Waals surface area contributed by atoms with Crippen molar-refractivity contribution in [3.05, 3.63) is 154 Å². The first-order valence-electron chi connectivity index (χ1n) is 13.7. The molecule has 6 heteroatoms. The predicted octanol–water partition coefficient (Wildman–Crippen LogP) is 7.49. The second-order valence-corrected chi connectivity index (χ2v) is 10.4. The Kier molecular flexibility index (Phi) is 7.28. The number of likely N-dealkylation sites (tertiary alicyclic amines) is 1. The molecule has 1 fully saturated rings. The Bertz CT molecular complexity index is 1820. The van der Waals surface area contributed by atoms with Gasteiger partial charge in [-0.25, -0.2) is 4.39 Å². The van der Waals surface area contributed by atoms with Crippen molar-refractivity contribution in [3.63, 3.8) is 0 Å². The second-order valence-electron chi connectivity index (χ2n) is 10.4. The number of carbonyl (C=O) groups is 2. The highest BCUT2D eigenvalue weighted by molar-refractivity contribution is 6.46. The average molecular weight is 558 g/mol. The predicted molar refractivity (Wildman–Crippen MR) is 160 cm³/mol. The third-order valence-corrected chi connectivity index (χ3v) is 7.61. The van der Waals surface area contributed by atoms with Crippen LogP contribution in [-0.2, 0) is 22.7 Å². The van der Waals surface area contributed by atoms with Crippen LogP contribution in [0.2, 0.25) is 0 Å². The number of rotatable bonds is 7. The molecule has 1 aliphatic rings. The Morgan fingerprint density at radius 3 is 2.31 bits per heavy atom. The van der Waals surface area contributed by atoms with E-state index in [1.54, 1.807) is 30.3 Å². The van der Waals surface area contributed by atoms with E-state index in [-0.39, 0.29) is 17.9 Å². The molecule has 42 heavy (non-hydrogen) atoms. The second kappa shape index (κ2) is 11.3. The zero-order valence-electron chi connectivity index (χ0n) is 23.0. The number of ether oxygens (including phenoxy) is 1. The fourth-order valence-electron chi connectivity index (χ4n) is 5.49. The van der Waals surface area contributed by atoms with Crippen LogP contribution in [0, 0.1) is 12.7 Å². The summed E-state index contributed by atoms with van der Waals surface area (Å²) in [6.07, 6.45) is 0. The van der Waals surface area contributed by atoms with E-state index in [1.165, 1.54) is 17.0 Å². The molecule has 0 saturated carbocycles. The molecule has 1 heterocycles. The van der Waals surface area contributed by atoms with Gasteiger partial charge < -0.3 is 14.7 Å². The van der Waals surface area contributed by atoms with Gasteiger partial charge in [-0.1, -0.05) is 84.9 Å². The highest BCUT2D eigenvalue weighted by atomic mass is 19.1. The molecule has 5 nitrogen and oxygen atoms in total. The van der Waals surface area contributed by atoms with Crippen LogP contribution in [0.1, 0.15) is 33.9 Å². The quantitative estimate of drug-likeness (QED) is 0.128. The summed E-state index contributed by atoms with van der Waals surface area (Å²) < 4.78 is 19.6. The molecule has 5 aromatic carbocycles. The normalized spacial score (nSPS) is 16.2. The molecule has 1 atom stereocenters. The van der Waals surface area contributed by atoms with Crippen LogP contribution in [0.15, 0.2) is 121 Å². The van der Waals surface area contributed by atoms with E-state index in [0.29, 0.717) is 23.5 Å². The molecule has 0 radical (unpaired) electrons. The number of aliphatic hydroxyl groups excluding tert-OH is 1. The van der Waals surface area contributed by atoms with Crippen LogP contribution in [-0.4, -0.2) is 21.7 Å². The maximum atomic E-state index is 13.6. The first kappa shape index (κ1) is 27.0. The summed E-state index contributed by atoms with van der Waals surface area (Å²) in [5.41, 5.74) is 3.60. The Hall–Kier alpha value is -5.23. The highest BCUT2D eigenvalue weighted by Gasteiger charge is 2.46. The van der Waals surface area contributed by atoms with Gasteiger partial charge in [0, 0.05) is 12.1 Å². The number of hydrogen-bond acceptors (Lipinski definition) is 4. The fraction of sp³-hybridized carbons (Fsp3) is 0.111. The van der Waals surface area contributed by atoms with Crippen LogP contribution in [0.5, 0.6) is 5.75 Å². The number of amides is 1. The zero-order chi connectivity index (χ0) is 29.2. The molecular formula is C36H28FNO4. The Morgan fingerprint density at radius 2 is 1.55 bits per heavy atom. The molecule has 1 N–H and O–H groups in total. The topological polar surface area (TPSA) is 66.8 Å². The van der Waals surface area contributed by atoms with Crippen LogP contribution in [0.3, 0.4) is 0 Å². The number of aryl methyl sites for hydroxylation is 1. The molecule has 0 aliphatic carbocycles. The molecular weight excluding hydrogens is 529 g/mol. The van der Waals surface area contributed by atoms with Gasteiger partial charge in [0.2, 0.25) is 0 Å². The van der Waals surface area contributed by atoms with E-state index in [4.69, 9.17) is 4.74 Å². The van der Waals surface area contributed by atoms with Crippen molar-refractivity contribution >= 4 is 28.2 Å². The largest absolute Gasteiger partial charge is 0.507 e. The van der Waals surface area contributed by atoms with Gasteiger partial charge >= 0.3 is 0 Å². The number of fused-ring (bicyclic) bond motifs is 1. The van der Waals surface area contributed by atoms with Crippen molar-refractivity contribution in [3.8, 4) is 5.75 Å². The lowest BCUT2D eigenvalue weighted by atomic mass is 9.91. The lowest BCUT2D eigenvalue weighted by Crippen LogP contribution is -2.29. The van der Waals surface area contributed by atoms with Crippen LogP contribution in [0.4, 0.5) is 4.39 Å². The van der Waals surface area contributed by atoms with Crippen LogP contribution < -0.4 is 4.74 Å². The Morgan fingerprint density at radius 1 is 0.833 bits per heavy atom. The molecule has 208 valence electrons. The van der Waals surface area contributed by atoms with Crippen LogP contribution >= 0.6 is 0 Å². The number of benzene rings is 5. The monoisotopic (exact) mass is 557 g/mol. The lowest BCUT2D eigenvalue weighted by molar-refractivity contribution is -0.140. The maximum absolute atomic E-state index is 13.6. The van der Waals surface area contributed by atoms with Gasteiger partial charge in [-0.15, -0.1) is 0 Å². The SMILES string of the molecule is Cc1cc(/C(O)=C2/C(=O)C(=O)N(Cc3ccc(F)cc3)C2c2cccc3ccccc23)ccc1OCc1ccccc1. The Balaban J connectivity index is 1.43. The summed E-state index contributed by atoms with van der Waals surface area (Å²) >= 11 is 0. The summed E-state index contributed by atoms with van der Waals surface area (Å²) in [6, 6.07) is 33.4. The van der Waals surface area contributed by atoms with Gasteiger partial charge in [0.15, 0.2) is 0 Å². The zero-order valence-corrected chi connectivity index (χ0v) is 23.0. The van der Waals surface area contributed by atoms with E-state index < -0.39 is 23.5 Å². The third kappa shape index (κ3) is 5.15. The maximum Gasteiger partial charge on any atom is 0.295 e. The molecule has 0 aromatic heterocycles. The van der Waals surface area contributed by atoms with E-state index in [2.05, 4.69) is 0 Å². The van der Waals surface area contributed by atoms with Gasteiger partial charge in [-0.05, 0) is 70.3 Å². The van der Waals surface area contributed by atoms with Crippen molar-refractivity contribution in [2.45, 2.75) is 26.1 Å². The van der Waals surface area contributed by atoms with Gasteiger partial charge in [0.25, 0.3) is 11.7 Å². The van der Waals surface area contributed by atoms with Crippen molar-refractivity contribution < 1.29 is 23.8 Å². The lowest BCUT2D eigenvalue weighted by Gasteiger charge is -2.26. The van der Waals surface area contributed by atoms with Crippen molar-refractivity contribution in [1.29, 1.82) is 0 Å². The summed E-state index contributed by atoms with van der Waals surface area (Å²) in [7, 11) is 0. The standard InChI is InChI=1S/C36H28FNO4/c1-23-20-27(16-19-31(23)42-22-25-8-3-2-4-9-25)34(39)32-33(30-13-7-11-26-10-5-6-12-29(26)30)38(36(41)35(32)40)21-24-14-17-28(37)18-15-24/h2-20,33,39H,21-22H2,1H3/b34-32-. The summed E-state index contributed by atoms with van der Waals surface area (Å²) in [5, 5.41) is 13.5. The first-order chi connectivity index (χ1) is 20.4. The van der Waals surface area contributed by atoms with E-state index in [1.807, 2.05) is 79.7 Å². The molecule has 5 aromatic rings. The summed E-state index contributed by atoms with van der Waals surface area (Å²) in [5.74, 6) is -1.49. The minimum atomic E-state index is -0.851. The number of nitrogens with zero attached hydrogens (tertiary/aromatic N) is 1. The van der Waals surface area contributed by atoms with E-state index in [9.17, 15) is 19.1 Å². The molecule has 0 spiro atoms. The number of ketones is 1. The minimum absolute atomic E-state index is 0.0100. The average Bonchev–Trinajstić information content (AvgIpc) is 3.26. The van der Waals surface area contributed by atoms with E-state index >= 15 is 0 Å². The fourth-order valence-corrected chi connectivity index (χ4v) is 5.49. The van der Waals surface area contributed by atoms with Gasteiger partial charge in [-0.2, -0.15) is 0 Å². The van der Waals surface area contributed by atoms with E-state index in [0.717, 1.165) is 27.5 Å². The van der Waals surface area contributed by atoms with Crippen molar-refractivity contribution in [2.75, 3.05) is 0 Å². The third-order valence-electron chi connectivity index (χ3n) is 7.61. The molecule has 0 bridgehead atoms. The minimum Gasteiger partial charge on any atom is -0.507 e. The Labute approximate surface area is 243 Å². The number of carbonyl (C=O) groups excluding carboxylic acids is 2. The number of Topliss-reactive ketones (excluding diaryl/α,β-unsaturated/α-hetero) is 1.